The number of ether oxygens (including phenoxy) is 3. The van der Waals surface area contributed by atoms with Crippen molar-refractivity contribution in [3.05, 3.63) is 143 Å². The zero-order valence-electron chi connectivity index (χ0n) is 31.8. The highest BCUT2D eigenvalue weighted by molar-refractivity contribution is 6.16. The van der Waals surface area contributed by atoms with Crippen molar-refractivity contribution >= 4 is 11.6 Å². The molecule has 3 aliphatic carbocycles. The molecule has 1 fully saturated rings. The molecule has 0 saturated carbocycles. The molecule has 56 heavy (non-hydrogen) atoms. The predicted octanol–water partition coefficient (Wildman–Crippen LogP) is 7.14. The average Bonchev–Trinajstić information content (AvgIpc) is 3.84. The van der Waals surface area contributed by atoms with Gasteiger partial charge in [0.2, 0.25) is 5.78 Å². The second-order valence-corrected chi connectivity index (χ2v) is 15.2. The van der Waals surface area contributed by atoms with Gasteiger partial charge in [0, 0.05) is 41.7 Å². The first-order valence-electron chi connectivity index (χ1n) is 19.2. The van der Waals surface area contributed by atoms with E-state index in [1.54, 1.807) is 19.3 Å². The normalized spacial score (nSPS) is 24.3. The summed E-state index contributed by atoms with van der Waals surface area (Å²) in [5.41, 5.74) is 1.06. The van der Waals surface area contributed by atoms with Gasteiger partial charge in [0.1, 0.15) is 36.0 Å². The van der Waals surface area contributed by atoms with E-state index in [1.165, 1.54) is 0 Å². The average molecular weight is 758 g/mol. The monoisotopic (exact) mass is 757 g/mol. The minimum atomic E-state index is -2.50. The van der Waals surface area contributed by atoms with Crippen LogP contribution < -0.4 is 14.2 Å². The number of aromatic nitrogens is 1. The lowest BCUT2D eigenvalue weighted by Gasteiger charge is -2.50. The van der Waals surface area contributed by atoms with E-state index >= 15 is 4.79 Å². The number of aliphatic hydroxyl groups is 2. The predicted molar refractivity (Wildman–Crippen MR) is 209 cm³/mol. The van der Waals surface area contributed by atoms with E-state index < -0.39 is 40.8 Å². The lowest BCUT2D eigenvalue weighted by atomic mass is 9.58. The number of hydrogen-bond donors (Lipinski definition) is 2. The van der Waals surface area contributed by atoms with Crippen LogP contribution in [0.15, 0.2) is 108 Å². The number of fused-ring (bicyclic) bond motifs is 4. The Kier molecular flexibility index (Phi) is 10.2. The Bertz CT molecular complexity index is 2190. The van der Waals surface area contributed by atoms with Crippen molar-refractivity contribution in [2.24, 2.45) is 11.8 Å². The summed E-state index contributed by atoms with van der Waals surface area (Å²) < 4.78 is 24.7. The Hall–Kier alpha value is -5.49. The van der Waals surface area contributed by atoms with E-state index in [9.17, 15) is 15.0 Å². The molecular formula is C45H47N3O8. The van der Waals surface area contributed by atoms with E-state index in [0.29, 0.717) is 36.6 Å². The summed E-state index contributed by atoms with van der Waals surface area (Å²) in [6, 6.07) is 20.3. The topological polar surface area (TPSA) is 135 Å². The van der Waals surface area contributed by atoms with Crippen LogP contribution in [0.25, 0.3) is 0 Å². The highest BCUT2D eigenvalue weighted by atomic mass is 16.5. The zero-order valence-corrected chi connectivity index (χ0v) is 31.8. The quantitative estimate of drug-likeness (QED) is 0.135. The molecule has 2 N–H and O–H groups in total. The third kappa shape index (κ3) is 6.14. The number of ketones is 2. The fourth-order valence-corrected chi connectivity index (χ4v) is 9.41. The molecule has 0 amide bonds. The highest BCUT2D eigenvalue weighted by Crippen LogP contribution is 2.58. The van der Waals surface area contributed by atoms with Crippen LogP contribution in [0.1, 0.15) is 80.1 Å². The molecule has 11 nitrogen and oxygen atoms in total. The molecule has 11 heteroatoms. The van der Waals surface area contributed by atoms with Gasteiger partial charge in [-0.15, -0.1) is 13.2 Å². The number of carbonyl (C=O) groups excluding carboxylic acids is 2. The SMILES string of the molecule is C=CCN(CC=C)[C@@H]1c2onc(OCc3ccccc3)c2C(=O)[C@@]2(O)C(O)=C3C(=O)c4c(OCc5ccccc5)cc([C@@H]5CCCN5C)c(OC)c4C[C@H]3C[C@@H]12. The number of hydrogen-bond acceptors (Lipinski definition) is 11. The summed E-state index contributed by atoms with van der Waals surface area (Å²) in [7, 11) is 3.70. The number of benzene rings is 3. The molecule has 0 unspecified atom stereocenters. The number of carbonyl (C=O) groups is 2. The lowest BCUT2D eigenvalue weighted by molar-refractivity contribution is -0.0602. The maximum Gasteiger partial charge on any atom is 0.265 e. The van der Waals surface area contributed by atoms with E-state index in [4.69, 9.17) is 18.7 Å². The first kappa shape index (κ1) is 37.4. The lowest BCUT2D eigenvalue weighted by Crippen LogP contribution is -2.60. The number of allylic oxidation sites excluding steroid dienone is 1. The summed E-state index contributed by atoms with van der Waals surface area (Å²) in [4.78, 5) is 34.1. The van der Waals surface area contributed by atoms with Gasteiger partial charge in [0.05, 0.1) is 18.7 Å². The summed E-state index contributed by atoms with van der Waals surface area (Å²) in [5.74, 6) is -2.43. The van der Waals surface area contributed by atoms with Gasteiger partial charge in [0.15, 0.2) is 17.1 Å². The number of Topliss-reactive ketones (excluding diaryl/α,β-unsaturated/α-hetero) is 2. The first-order chi connectivity index (χ1) is 27.2. The molecule has 1 saturated heterocycles. The Morgan fingerprint density at radius 2 is 1.66 bits per heavy atom. The fraction of sp³-hybridized carbons (Fsp3) is 0.356. The summed E-state index contributed by atoms with van der Waals surface area (Å²) >= 11 is 0. The molecule has 0 spiro atoms. The van der Waals surface area contributed by atoms with E-state index in [1.807, 2.05) is 71.6 Å². The third-order valence-electron chi connectivity index (χ3n) is 12.0. The number of methoxy groups -OCH3 is 1. The Balaban J connectivity index is 1.27. The molecule has 4 aliphatic rings. The third-order valence-corrected chi connectivity index (χ3v) is 12.0. The largest absolute Gasteiger partial charge is 0.508 e. The van der Waals surface area contributed by atoms with Gasteiger partial charge < -0.3 is 28.9 Å². The Morgan fingerprint density at radius 1 is 1.00 bits per heavy atom. The molecule has 1 aliphatic heterocycles. The summed E-state index contributed by atoms with van der Waals surface area (Å²) in [5, 5.41) is 29.4. The van der Waals surface area contributed by atoms with Gasteiger partial charge in [-0.1, -0.05) is 72.8 Å². The molecule has 290 valence electrons. The zero-order chi connectivity index (χ0) is 39.1. The van der Waals surface area contributed by atoms with Crippen LogP contribution in [0.4, 0.5) is 0 Å². The molecule has 3 aromatic carbocycles. The molecule has 0 bridgehead atoms. The fourth-order valence-electron chi connectivity index (χ4n) is 9.41. The standard InChI is InChI=1S/C45H47N3O8/c1-5-19-48(20-6-2)38-32-23-29-22-31-36(34(54-25-27-14-9-7-10-15-27)24-30(40(31)53-4)33-18-13-21-47(33)3)39(49)35(29)42(50)45(32,52)43(51)37-41(38)56-46-44(37)55-26-28-16-11-8-12-17-28/h5-12,14-17,24,29,32-33,38,50,52H,1-2,13,18-23,25-26H2,3-4H3/t29-,32-,33-,38-,45-/m0/s1. The van der Waals surface area contributed by atoms with Crippen LogP contribution in [-0.2, 0) is 19.6 Å². The van der Waals surface area contributed by atoms with Crippen LogP contribution >= 0.6 is 0 Å². The number of likely N-dealkylation sites (tertiary alicyclic amines) is 1. The van der Waals surface area contributed by atoms with Gasteiger partial charge in [0.25, 0.3) is 5.88 Å². The van der Waals surface area contributed by atoms with E-state index in [0.717, 1.165) is 36.1 Å². The van der Waals surface area contributed by atoms with Crippen molar-refractivity contribution in [3.8, 4) is 17.4 Å². The van der Waals surface area contributed by atoms with Crippen LogP contribution in [0, 0.1) is 11.8 Å². The smallest absolute Gasteiger partial charge is 0.265 e. The minimum absolute atomic E-state index is 0.00801. The van der Waals surface area contributed by atoms with Crippen molar-refractivity contribution in [2.45, 2.75) is 56.6 Å². The van der Waals surface area contributed by atoms with Crippen LogP contribution in [0.5, 0.6) is 17.4 Å². The second kappa shape index (κ2) is 15.2. The van der Waals surface area contributed by atoms with E-state index in [2.05, 4.69) is 30.3 Å². The maximum atomic E-state index is 15.0. The maximum absolute atomic E-state index is 15.0. The summed E-state index contributed by atoms with van der Waals surface area (Å²) in [6.45, 7) is 9.81. The van der Waals surface area contributed by atoms with Crippen molar-refractivity contribution in [2.75, 3.05) is 33.8 Å². The van der Waals surface area contributed by atoms with Gasteiger partial charge >= 0.3 is 0 Å². The number of nitrogens with zero attached hydrogens (tertiary/aromatic N) is 3. The highest BCUT2D eigenvalue weighted by Gasteiger charge is 2.64. The molecule has 5 atom stereocenters. The summed E-state index contributed by atoms with van der Waals surface area (Å²) in [6.07, 6.45) is 5.85. The van der Waals surface area contributed by atoms with Crippen LogP contribution in [0.2, 0.25) is 0 Å². The number of aliphatic hydroxyl groups excluding tert-OH is 1. The molecular weight excluding hydrogens is 711 g/mol. The van der Waals surface area contributed by atoms with Crippen LogP contribution in [0.3, 0.4) is 0 Å². The molecule has 1 aromatic heterocycles. The molecule has 4 aromatic rings. The van der Waals surface area contributed by atoms with Crippen molar-refractivity contribution in [1.29, 1.82) is 0 Å². The Morgan fingerprint density at radius 3 is 2.27 bits per heavy atom. The molecule has 0 radical (unpaired) electrons. The van der Waals surface area contributed by atoms with E-state index in [-0.39, 0.29) is 54.0 Å². The van der Waals surface area contributed by atoms with Gasteiger partial charge in [-0.25, -0.2) is 0 Å². The van der Waals surface area contributed by atoms with Crippen molar-refractivity contribution in [1.82, 2.24) is 15.0 Å². The van der Waals surface area contributed by atoms with Crippen molar-refractivity contribution < 1.29 is 38.5 Å². The minimum Gasteiger partial charge on any atom is -0.508 e. The molecule has 2 heterocycles. The molecule has 8 rings (SSSR count). The van der Waals surface area contributed by atoms with Crippen molar-refractivity contribution in [3.63, 3.8) is 0 Å². The Labute approximate surface area is 326 Å². The number of rotatable bonds is 13. The van der Waals surface area contributed by atoms with Gasteiger partial charge in [-0.05, 0) is 67.5 Å². The van der Waals surface area contributed by atoms with Gasteiger partial charge in [-0.3, -0.25) is 19.4 Å². The first-order valence-corrected chi connectivity index (χ1v) is 19.2. The second-order valence-electron chi connectivity index (χ2n) is 15.2. The van der Waals surface area contributed by atoms with Gasteiger partial charge in [-0.2, -0.15) is 0 Å². The van der Waals surface area contributed by atoms with Crippen LogP contribution in [-0.4, -0.2) is 76.1 Å².